The Morgan fingerprint density at radius 2 is 1.71 bits per heavy atom. The van der Waals surface area contributed by atoms with Gasteiger partial charge in [0.1, 0.15) is 0 Å². The minimum atomic E-state index is -2.54. The van der Waals surface area contributed by atoms with Crippen LogP contribution in [0.1, 0.15) is 0 Å². The SMILES string of the molecule is O=[SH](=O)c1ccc2ccccc2c1Br. The van der Waals surface area contributed by atoms with Gasteiger partial charge in [0, 0.05) is 4.47 Å². The summed E-state index contributed by atoms with van der Waals surface area (Å²) < 4.78 is 22.4. The molecule has 0 heterocycles. The highest BCUT2D eigenvalue weighted by Crippen LogP contribution is 2.28. The van der Waals surface area contributed by atoms with Crippen LogP contribution >= 0.6 is 15.9 Å². The molecule has 0 aliphatic rings. The normalized spacial score (nSPS) is 11.0. The third-order valence-corrected chi connectivity index (χ3v) is 3.97. The average Bonchev–Trinajstić information content (AvgIpc) is 2.18. The Kier molecular flexibility index (Phi) is 2.56. The van der Waals surface area contributed by atoms with Crippen molar-refractivity contribution < 1.29 is 8.42 Å². The van der Waals surface area contributed by atoms with Gasteiger partial charge in [0.15, 0.2) is 10.7 Å². The number of thiol groups is 1. The van der Waals surface area contributed by atoms with Crippen LogP contribution in [-0.2, 0) is 10.7 Å². The zero-order valence-corrected chi connectivity index (χ0v) is 9.59. The molecule has 2 nitrogen and oxygen atoms in total. The van der Waals surface area contributed by atoms with Gasteiger partial charge in [-0.05, 0) is 32.8 Å². The Morgan fingerprint density at radius 1 is 1.00 bits per heavy atom. The van der Waals surface area contributed by atoms with E-state index in [1.54, 1.807) is 12.1 Å². The predicted octanol–water partition coefficient (Wildman–Crippen LogP) is 2.57. The van der Waals surface area contributed by atoms with Crippen LogP contribution in [-0.4, -0.2) is 8.42 Å². The Hall–Kier alpha value is -0.870. The van der Waals surface area contributed by atoms with Crippen molar-refractivity contribution in [1.82, 2.24) is 0 Å². The molecule has 0 spiro atoms. The smallest absolute Gasteiger partial charge is 0.169 e. The van der Waals surface area contributed by atoms with E-state index < -0.39 is 10.7 Å². The predicted molar refractivity (Wildman–Crippen MR) is 60.2 cm³/mol. The molecule has 72 valence electrons. The van der Waals surface area contributed by atoms with Gasteiger partial charge < -0.3 is 0 Å². The zero-order valence-electron chi connectivity index (χ0n) is 7.11. The van der Waals surface area contributed by atoms with Gasteiger partial charge in [0.2, 0.25) is 0 Å². The third kappa shape index (κ3) is 1.55. The van der Waals surface area contributed by atoms with Crippen LogP contribution in [0.25, 0.3) is 10.8 Å². The van der Waals surface area contributed by atoms with Crippen molar-refractivity contribution in [3.63, 3.8) is 0 Å². The van der Waals surface area contributed by atoms with E-state index in [0.29, 0.717) is 9.37 Å². The maximum atomic E-state index is 10.9. The number of benzene rings is 2. The second-order valence-electron chi connectivity index (χ2n) is 2.88. The number of hydrogen-bond donors (Lipinski definition) is 1. The highest BCUT2D eigenvalue weighted by molar-refractivity contribution is 9.10. The van der Waals surface area contributed by atoms with Crippen LogP contribution in [0.4, 0.5) is 0 Å². The van der Waals surface area contributed by atoms with E-state index in [1.165, 1.54) is 0 Å². The minimum Gasteiger partial charge on any atom is -0.227 e. The van der Waals surface area contributed by atoms with Crippen LogP contribution in [0.5, 0.6) is 0 Å². The second kappa shape index (κ2) is 3.71. The quantitative estimate of drug-likeness (QED) is 0.809. The molecular weight excluding hydrogens is 264 g/mol. The van der Waals surface area contributed by atoms with E-state index in [1.807, 2.05) is 24.3 Å². The van der Waals surface area contributed by atoms with Crippen molar-refractivity contribution in [3.05, 3.63) is 40.9 Å². The third-order valence-electron chi connectivity index (χ3n) is 2.04. The molecule has 0 N–H and O–H groups in total. The average molecular weight is 271 g/mol. The molecular formula is C10H7BrO2S. The summed E-state index contributed by atoms with van der Waals surface area (Å²) in [7, 11) is -2.54. The first-order chi connectivity index (χ1) is 6.70. The van der Waals surface area contributed by atoms with Crippen molar-refractivity contribution in [3.8, 4) is 0 Å². The van der Waals surface area contributed by atoms with Gasteiger partial charge in [-0.3, -0.25) is 0 Å². The lowest BCUT2D eigenvalue weighted by molar-refractivity contribution is 0.614. The van der Waals surface area contributed by atoms with Crippen molar-refractivity contribution >= 4 is 37.4 Å². The van der Waals surface area contributed by atoms with Crippen LogP contribution in [0.3, 0.4) is 0 Å². The molecule has 4 heteroatoms. The van der Waals surface area contributed by atoms with Crippen molar-refractivity contribution in [2.45, 2.75) is 4.90 Å². The standard InChI is InChI=1S/C10H7BrO2S/c11-10-8-4-2-1-3-7(8)5-6-9(10)14(12)13/h1-6,14H. The first-order valence-electron chi connectivity index (χ1n) is 4.02. The van der Waals surface area contributed by atoms with Crippen LogP contribution in [0.15, 0.2) is 45.8 Å². The molecule has 0 atom stereocenters. The largest absolute Gasteiger partial charge is 0.227 e. The monoisotopic (exact) mass is 270 g/mol. The molecule has 0 aliphatic carbocycles. The van der Waals surface area contributed by atoms with Gasteiger partial charge in [0.05, 0.1) is 4.90 Å². The van der Waals surface area contributed by atoms with E-state index >= 15 is 0 Å². The fourth-order valence-electron chi connectivity index (χ4n) is 1.36. The molecule has 2 aromatic rings. The summed E-state index contributed by atoms with van der Waals surface area (Å²) in [6, 6.07) is 11.1. The molecule has 0 saturated carbocycles. The highest BCUT2D eigenvalue weighted by Gasteiger charge is 2.05. The lowest BCUT2D eigenvalue weighted by Gasteiger charge is -2.02. The van der Waals surface area contributed by atoms with Crippen molar-refractivity contribution in [1.29, 1.82) is 0 Å². The molecule has 0 bridgehead atoms. The van der Waals surface area contributed by atoms with E-state index in [0.717, 1.165) is 10.8 Å². The summed E-state index contributed by atoms with van der Waals surface area (Å²) in [5.74, 6) is 0. The second-order valence-corrected chi connectivity index (χ2v) is 4.67. The van der Waals surface area contributed by atoms with E-state index in [-0.39, 0.29) is 0 Å². The molecule has 0 amide bonds. The van der Waals surface area contributed by atoms with Gasteiger partial charge in [-0.25, -0.2) is 8.42 Å². The Bertz CT molecular complexity index is 553. The van der Waals surface area contributed by atoms with Crippen LogP contribution in [0, 0.1) is 0 Å². The fourth-order valence-corrected chi connectivity index (χ4v) is 2.77. The van der Waals surface area contributed by atoms with Gasteiger partial charge in [0.25, 0.3) is 0 Å². The molecule has 0 radical (unpaired) electrons. The van der Waals surface area contributed by atoms with Gasteiger partial charge in [-0.1, -0.05) is 30.3 Å². The van der Waals surface area contributed by atoms with E-state index in [2.05, 4.69) is 15.9 Å². The number of fused-ring (bicyclic) bond motifs is 1. The summed E-state index contributed by atoms with van der Waals surface area (Å²) in [6.07, 6.45) is 0. The first-order valence-corrected chi connectivity index (χ1v) is 5.99. The first kappa shape index (κ1) is 9.68. The maximum Gasteiger partial charge on any atom is 0.169 e. The minimum absolute atomic E-state index is 0.332. The fraction of sp³-hybridized carbons (Fsp3) is 0. The molecule has 0 aromatic heterocycles. The zero-order chi connectivity index (χ0) is 10.1. The highest BCUT2D eigenvalue weighted by atomic mass is 79.9. The number of halogens is 1. The lowest BCUT2D eigenvalue weighted by Crippen LogP contribution is -1.84. The Morgan fingerprint density at radius 3 is 2.43 bits per heavy atom. The van der Waals surface area contributed by atoms with Crippen molar-refractivity contribution in [2.24, 2.45) is 0 Å². The van der Waals surface area contributed by atoms with Crippen LogP contribution < -0.4 is 0 Å². The van der Waals surface area contributed by atoms with E-state index in [4.69, 9.17) is 0 Å². The van der Waals surface area contributed by atoms with Gasteiger partial charge >= 0.3 is 0 Å². The molecule has 2 rings (SSSR count). The van der Waals surface area contributed by atoms with Gasteiger partial charge in [-0.2, -0.15) is 0 Å². The molecule has 2 aromatic carbocycles. The van der Waals surface area contributed by atoms with Gasteiger partial charge in [-0.15, -0.1) is 0 Å². The lowest BCUT2D eigenvalue weighted by atomic mass is 10.1. The summed E-state index contributed by atoms with van der Waals surface area (Å²) >= 11 is 3.30. The Labute approximate surface area is 91.6 Å². The van der Waals surface area contributed by atoms with Crippen molar-refractivity contribution in [2.75, 3.05) is 0 Å². The number of hydrogen-bond acceptors (Lipinski definition) is 2. The maximum absolute atomic E-state index is 10.9. The van der Waals surface area contributed by atoms with E-state index in [9.17, 15) is 8.42 Å². The molecule has 0 unspecified atom stereocenters. The summed E-state index contributed by atoms with van der Waals surface area (Å²) in [5.41, 5.74) is 0. The molecule has 0 saturated heterocycles. The summed E-state index contributed by atoms with van der Waals surface area (Å²) in [6.45, 7) is 0. The topological polar surface area (TPSA) is 34.1 Å². The number of rotatable bonds is 1. The summed E-state index contributed by atoms with van der Waals surface area (Å²) in [5, 5.41) is 1.95. The summed E-state index contributed by atoms with van der Waals surface area (Å²) in [4.78, 5) is 0.332. The Balaban J connectivity index is 2.88. The molecule has 14 heavy (non-hydrogen) atoms. The molecule has 0 aliphatic heterocycles. The van der Waals surface area contributed by atoms with Crippen LogP contribution in [0.2, 0.25) is 0 Å². The molecule has 0 fully saturated rings.